The average Bonchev–Trinajstić information content (AvgIpc) is 0.892. The molecule has 0 spiro atoms. The maximum absolute atomic E-state index is 3.40. The van der Waals surface area contributed by atoms with Gasteiger partial charge in [-0.2, -0.15) is 0 Å². The van der Waals surface area contributed by atoms with Crippen LogP contribution in [0.2, 0.25) is 0 Å². The van der Waals surface area contributed by atoms with Gasteiger partial charge < -0.3 is 14.4 Å². The van der Waals surface area contributed by atoms with Gasteiger partial charge in [-0.15, -0.1) is 0 Å². The molecule has 18 aromatic rings. The summed E-state index contributed by atoms with van der Waals surface area (Å²) in [6.45, 7) is -0.333. The molecule has 20 rings (SSSR count). The summed E-state index contributed by atoms with van der Waals surface area (Å²) in [5, 5.41) is 18.4. The van der Waals surface area contributed by atoms with E-state index in [1.165, 1.54) is 95.0 Å². The zero-order chi connectivity index (χ0) is 72.3. The molecule has 0 bridgehead atoms. The highest BCUT2D eigenvalue weighted by Crippen LogP contribution is 2.47. The van der Waals surface area contributed by atoms with E-state index in [1.54, 1.807) is 0 Å². The zero-order valence-corrected chi connectivity index (χ0v) is 63.1. The minimum absolute atomic E-state index is 0.333. The molecule has 0 saturated carbocycles. The number of benzene rings is 17. The smallest absolute Gasteiger partial charge is 0.252 e. The highest BCUT2D eigenvalue weighted by molar-refractivity contribution is 7.23. The van der Waals surface area contributed by atoms with Crippen molar-refractivity contribution in [3.8, 4) is 16.8 Å². The summed E-state index contributed by atoms with van der Waals surface area (Å²) in [7, 11) is -9.63. The van der Waals surface area contributed by atoms with Crippen molar-refractivity contribution in [3.63, 3.8) is 0 Å². The van der Waals surface area contributed by atoms with Crippen LogP contribution in [0.15, 0.2) is 449 Å². The summed E-state index contributed by atoms with van der Waals surface area (Å²) in [4.78, 5) is 5.33. The maximum atomic E-state index is 2.72. The number of hydrogen-bond donors (Lipinski definition) is 0. The molecule has 512 valence electrons. The van der Waals surface area contributed by atoms with Gasteiger partial charge >= 0.3 is 0 Å². The Hall–Kier alpha value is -13.1. The summed E-state index contributed by atoms with van der Waals surface area (Å²) < 4.78 is 2.54. The van der Waals surface area contributed by atoms with Crippen LogP contribution in [0.25, 0.3) is 38.6 Å². The largest absolute Gasteiger partial charge is 0.311 e. The Labute approximate surface area is 641 Å². The van der Waals surface area contributed by atoms with Gasteiger partial charge in [0.1, 0.15) is 0 Å². The van der Waals surface area contributed by atoms with Gasteiger partial charge in [0.05, 0.1) is 16.7 Å². The molecule has 0 unspecified atom stereocenters. The number of anilines is 6. The lowest BCUT2D eigenvalue weighted by Gasteiger charge is -2.47. The minimum Gasteiger partial charge on any atom is -0.311 e. The molecule has 0 fully saturated rings. The Morgan fingerprint density at radius 3 is 0.908 bits per heavy atom. The molecule has 0 N–H and O–H groups in total. The molecule has 3 nitrogen and oxygen atoms in total. The number of para-hydroxylation sites is 2. The Kier molecular flexibility index (Phi) is 16.4. The molecule has 0 saturated heterocycles. The number of rotatable bonds is 16. The molecule has 0 radical (unpaired) electrons. The van der Waals surface area contributed by atoms with Gasteiger partial charge in [-0.05, 0) is 150 Å². The Morgan fingerprint density at radius 1 is 0.193 bits per heavy atom. The minimum atomic E-state index is -3.40. The lowest BCUT2D eigenvalue weighted by atomic mass is 9.33. The van der Waals surface area contributed by atoms with E-state index in [1.807, 2.05) is 0 Å². The van der Waals surface area contributed by atoms with Gasteiger partial charge in [0.25, 0.3) is 6.71 Å². The number of nitrogens with zero attached hydrogens (tertiary/aromatic N) is 3. The second-order valence-corrected chi connectivity index (χ2v) is 40.3. The van der Waals surface area contributed by atoms with Crippen LogP contribution < -0.4 is 88.4 Å². The predicted molar refractivity (Wildman–Crippen MR) is 471 cm³/mol. The summed E-state index contributed by atoms with van der Waals surface area (Å²) in [5.41, 5.74) is 16.2. The van der Waals surface area contributed by atoms with E-state index in [-0.39, 0.29) is 6.71 Å². The SMILES string of the molecule is c1ccc(-c2ccc(N3c4cc(-n5c6ccccc6c6ccccc65)cc5c4B(c4cc([Si](c6ccccc6)(c6ccccc6)c6ccccc6)ccc4N5c4ccc([Si](c5ccccc5)(c5ccccc5)c5ccccc5)cc4)c4c3cccc4[Si](c3ccccc3)(c3ccccc3)c3ccccc3)cc2)cc1. The molecule has 0 amide bonds. The van der Waals surface area contributed by atoms with E-state index in [0.29, 0.717) is 0 Å². The molecule has 3 heterocycles. The van der Waals surface area contributed by atoms with E-state index >= 15 is 0 Å². The zero-order valence-electron chi connectivity index (χ0n) is 60.1. The van der Waals surface area contributed by atoms with Crippen LogP contribution in [0.5, 0.6) is 0 Å². The normalized spacial score (nSPS) is 12.5. The van der Waals surface area contributed by atoms with Gasteiger partial charge in [-0.3, -0.25) is 0 Å². The molecular formula is C102H74BN3Si3. The fourth-order valence-electron chi connectivity index (χ4n) is 18.9. The van der Waals surface area contributed by atoms with Crippen molar-refractivity contribution < 1.29 is 0 Å². The highest BCUT2D eigenvalue weighted by atomic mass is 28.3. The van der Waals surface area contributed by atoms with Crippen molar-refractivity contribution >= 4 is 165 Å². The second kappa shape index (κ2) is 27.3. The van der Waals surface area contributed by atoms with E-state index < -0.39 is 24.2 Å². The van der Waals surface area contributed by atoms with Crippen molar-refractivity contribution in [2.45, 2.75) is 0 Å². The topological polar surface area (TPSA) is 11.4 Å². The molecule has 0 atom stereocenters. The first-order chi connectivity index (χ1) is 54.1. The van der Waals surface area contributed by atoms with E-state index in [0.717, 1.165) is 56.4 Å². The van der Waals surface area contributed by atoms with Crippen molar-refractivity contribution in [1.82, 2.24) is 4.57 Å². The van der Waals surface area contributed by atoms with Crippen LogP contribution >= 0.6 is 0 Å². The first-order valence-corrected chi connectivity index (χ1v) is 43.9. The first kappa shape index (κ1) is 65.4. The number of fused-ring (bicyclic) bond motifs is 7. The Bertz CT molecular complexity index is 5980. The summed E-state index contributed by atoms with van der Waals surface area (Å²) in [6, 6.07) is 172. The van der Waals surface area contributed by atoms with Gasteiger partial charge in [0, 0.05) is 44.9 Å². The predicted octanol–water partition coefficient (Wildman–Crippen LogP) is 14.7. The van der Waals surface area contributed by atoms with Gasteiger partial charge in [0.2, 0.25) is 0 Å². The lowest BCUT2D eigenvalue weighted by Crippen LogP contribution is -2.80. The van der Waals surface area contributed by atoms with Crippen molar-refractivity contribution in [3.05, 3.63) is 449 Å². The summed E-state index contributed by atoms with van der Waals surface area (Å²) in [6.07, 6.45) is 0. The van der Waals surface area contributed by atoms with Crippen molar-refractivity contribution in [1.29, 1.82) is 0 Å². The van der Waals surface area contributed by atoms with Crippen LogP contribution in [-0.2, 0) is 0 Å². The highest BCUT2D eigenvalue weighted by Gasteiger charge is 2.52. The van der Waals surface area contributed by atoms with Crippen LogP contribution in [0.3, 0.4) is 0 Å². The van der Waals surface area contributed by atoms with Crippen LogP contribution in [-0.4, -0.2) is 35.5 Å². The third-order valence-electron chi connectivity index (χ3n) is 23.4. The lowest BCUT2D eigenvalue weighted by molar-refractivity contribution is 1.16. The molecule has 17 aromatic carbocycles. The Balaban J connectivity index is 0.959. The van der Waals surface area contributed by atoms with Crippen LogP contribution in [0.1, 0.15) is 0 Å². The van der Waals surface area contributed by atoms with Crippen LogP contribution in [0, 0.1) is 0 Å². The fraction of sp³-hybridized carbons (Fsp3) is 0. The molecule has 109 heavy (non-hydrogen) atoms. The number of aromatic nitrogens is 1. The summed E-state index contributed by atoms with van der Waals surface area (Å²) in [5.74, 6) is 0. The molecule has 2 aliphatic heterocycles. The van der Waals surface area contributed by atoms with Crippen molar-refractivity contribution in [2.24, 2.45) is 0 Å². The third kappa shape index (κ3) is 10.4. The maximum Gasteiger partial charge on any atom is 0.252 e. The molecule has 2 aliphatic rings. The Morgan fingerprint density at radius 2 is 0.505 bits per heavy atom. The molecule has 0 aliphatic carbocycles. The van der Waals surface area contributed by atoms with E-state index in [9.17, 15) is 0 Å². The van der Waals surface area contributed by atoms with Gasteiger partial charge in [-0.25, -0.2) is 0 Å². The average molecular weight is 1440 g/mol. The quantitative estimate of drug-likeness (QED) is 0.0706. The molecule has 1 aromatic heterocycles. The summed E-state index contributed by atoms with van der Waals surface area (Å²) >= 11 is 0. The van der Waals surface area contributed by atoms with E-state index in [2.05, 4.69) is 463 Å². The fourth-order valence-corrected chi connectivity index (χ4v) is 33.5. The molecular weight excluding hydrogens is 1360 g/mol. The van der Waals surface area contributed by atoms with Crippen molar-refractivity contribution in [2.75, 3.05) is 9.80 Å². The van der Waals surface area contributed by atoms with E-state index in [4.69, 9.17) is 0 Å². The second-order valence-electron chi connectivity index (χ2n) is 28.9. The third-order valence-corrected chi connectivity index (χ3v) is 37.8. The molecule has 7 heteroatoms. The standard InChI is InChI=1S/C102H74BN3Si3/c1-11-36-75(37-12-1)76-62-64-77(65-63-76)105-97-60-35-61-100(109(86-50-25-8-26-51-86,87-52-27-9-28-53-87)88-54-29-10-30-55-88)102(97)103-93-74-90(108(83-44-19-5-20-45-83,84-46-21-6-22-47-84)85-48-23-7-24-49-85)70-71-96(93)104(98-72-79(73-99(105)101(98)103)106-94-58-33-31-56-91(94)92-57-32-34-59-95(92)106)78-66-68-89(69-67-78)107(80-38-13-2-14-39-80,81-40-15-3-16-41-81)82-42-17-4-18-43-82/h1-74H. The van der Waals surface area contributed by atoms with Gasteiger partial charge in [-0.1, -0.05) is 388 Å². The monoisotopic (exact) mass is 1440 g/mol. The number of hydrogen-bond acceptors (Lipinski definition) is 2. The van der Waals surface area contributed by atoms with Gasteiger partial charge in [0.15, 0.2) is 24.2 Å². The first-order valence-electron chi connectivity index (χ1n) is 37.9. The van der Waals surface area contributed by atoms with Crippen LogP contribution in [0.4, 0.5) is 34.1 Å².